The number of aromatic nitrogens is 3. The van der Waals surface area contributed by atoms with E-state index in [0.29, 0.717) is 0 Å². The minimum Gasteiger partial charge on any atom is -0.338 e. The van der Waals surface area contributed by atoms with Crippen molar-refractivity contribution >= 4 is 5.95 Å². The maximum Gasteiger partial charge on any atom is 0.244 e. The van der Waals surface area contributed by atoms with Crippen LogP contribution in [-0.4, -0.2) is 41.4 Å². The van der Waals surface area contributed by atoms with E-state index in [4.69, 9.17) is 0 Å². The summed E-state index contributed by atoms with van der Waals surface area (Å²) in [4.78, 5) is 6.88. The standard InChI is InChI=1S/C15H21N5/c1-12-4-2-5-13(10-12)11-14-17-15(19-18-14)20-8-3-6-16-7-9-20/h2,4-5,10,16H,3,6-9,11H2,1H3,(H,17,18,19). The molecule has 1 fully saturated rings. The Hall–Kier alpha value is -1.88. The van der Waals surface area contributed by atoms with E-state index in [-0.39, 0.29) is 0 Å². The van der Waals surface area contributed by atoms with Gasteiger partial charge in [-0.3, -0.25) is 5.10 Å². The smallest absolute Gasteiger partial charge is 0.244 e. The minimum absolute atomic E-state index is 0.806. The van der Waals surface area contributed by atoms with Crippen molar-refractivity contribution in [1.82, 2.24) is 20.5 Å². The highest BCUT2D eigenvalue weighted by Gasteiger charge is 2.14. The van der Waals surface area contributed by atoms with E-state index in [1.807, 2.05) is 0 Å². The number of hydrogen-bond donors (Lipinski definition) is 2. The first kappa shape index (κ1) is 13.1. The highest BCUT2D eigenvalue weighted by atomic mass is 15.4. The van der Waals surface area contributed by atoms with Gasteiger partial charge in [-0.25, -0.2) is 0 Å². The molecule has 0 unspecified atom stereocenters. The van der Waals surface area contributed by atoms with Crippen molar-refractivity contribution in [3.05, 3.63) is 41.2 Å². The van der Waals surface area contributed by atoms with Gasteiger partial charge in [-0.05, 0) is 25.5 Å². The molecule has 1 saturated heterocycles. The quantitative estimate of drug-likeness (QED) is 0.888. The van der Waals surface area contributed by atoms with Crippen molar-refractivity contribution in [1.29, 1.82) is 0 Å². The summed E-state index contributed by atoms with van der Waals surface area (Å²) in [6, 6.07) is 8.52. The van der Waals surface area contributed by atoms with Crippen LogP contribution in [0.2, 0.25) is 0 Å². The van der Waals surface area contributed by atoms with Crippen LogP contribution in [0.3, 0.4) is 0 Å². The number of rotatable bonds is 3. The lowest BCUT2D eigenvalue weighted by atomic mass is 10.1. The van der Waals surface area contributed by atoms with Gasteiger partial charge in [0.2, 0.25) is 5.95 Å². The predicted molar refractivity (Wildman–Crippen MR) is 80.1 cm³/mol. The molecule has 1 aromatic heterocycles. The average molecular weight is 271 g/mol. The highest BCUT2D eigenvalue weighted by molar-refractivity contribution is 5.31. The Labute approximate surface area is 119 Å². The molecular formula is C15H21N5. The largest absolute Gasteiger partial charge is 0.338 e. The maximum absolute atomic E-state index is 4.63. The molecule has 5 heteroatoms. The first-order valence-electron chi connectivity index (χ1n) is 7.24. The summed E-state index contributed by atoms with van der Waals surface area (Å²) >= 11 is 0. The zero-order valence-electron chi connectivity index (χ0n) is 11.9. The number of hydrogen-bond acceptors (Lipinski definition) is 4. The molecule has 106 valence electrons. The SMILES string of the molecule is Cc1cccc(Cc2nc(N3CCCNCC3)n[nH]2)c1. The van der Waals surface area contributed by atoms with Crippen LogP contribution in [0.25, 0.3) is 0 Å². The lowest BCUT2D eigenvalue weighted by Crippen LogP contribution is -2.28. The third-order valence-corrected chi connectivity index (χ3v) is 3.60. The van der Waals surface area contributed by atoms with Gasteiger partial charge in [0, 0.05) is 26.1 Å². The third kappa shape index (κ3) is 3.17. The van der Waals surface area contributed by atoms with E-state index in [1.165, 1.54) is 11.1 Å². The fourth-order valence-electron chi connectivity index (χ4n) is 2.57. The number of benzene rings is 1. The summed E-state index contributed by atoms with van der Waals surface area (Å²) < 4.78 is 0. The van der Waals surface area contributed by atoms with Crippen molar-refractivity contribution in [2.24, 2.45) is 0 Å². The first-order chi connectivity index (χ1) is 9.81. The number of H-pyrrole nitrogens is 1. The molecule has 0 bridgehead atoms. The summed E-state index contributed by atoms with van der Waals surface area (Å²) in [6.07, 6.45) is 1.95. The zero-order valence-corrected chi connectivity index (χ0v) is 11.9. The Balaban J connectivity index is 1.70. The third-order valence-electron chi connectivity index (χ3n) is 3.60. The number of nitrogens with zero attached hydrogens (tertiary/aromatic N) is 3. The van der Waals surface area contributed by atoms with Gasteiger partial charge in [0.15, 0.2) is 0 Å². The molecule has 2 heterocycles. The predicted octanol–water partition coefficient (Wildman–Crippen LogP) is 1.50. The van der Waals surface area contributed by atoms with Crippen LogP contribution in [-0.2, 0) is 6.42 Å². The van der Waals surface area contributed by atoms with Gasteiger partial charge in [-0.2, -0.15) is 4.98 Å². The van der Waals surface area contributed by atoms with Crippen LogP contribution >= 0.6 is 0 Å². The summed E-state index contributed by atoms with van der Waals surface area (Å²) in [5.41, 5.74) is 2.55. The molecule has 0 saturated carbocycles. The minimum atomic E-state index is 0.806. The Kier molecular flexibility index (Phi) is 3.97. The maximum atomic E-state index is 4.63. The van der Waals surface area contributed by atoms with Gasteiger partial charge in [-0.15, -0.1) is 5.10 Å². The summed E-state index contributed by atoms with van der Waals surface area (Å²) in [6.45, 7) is 6.19. The van der Waals surface area contributed by atoms with E-state index in [2.05, 4.69) is 56.6 Å². The van der Waals surface area contributed by atoms with Crippen molar-refractivity contribution in [2.75, 3.05) is 31.1 Å². The second-order valence-corrected chi connectivity index (χ2v) is 5.34. The van der Waals surface area contributed by atoms with Gasteiger partial charge in [0.1, 0.15) is 5.82 Å². The number of anilines is 1. The average Bonchev–Trinajstić information content (AvgIpc) is 2.73. The molecule has 0 aliphatic carbocycles. The van der Waals surface area contributed by atoms with Gasteiger partial charge >= 0.3 is 0 Å². The molecule has 1 aliphatic heterocycles. The van der Waals surface area contributed by atoms with Crippen molar-refractivity contribution in [3.63, 3.8) is 0 Å². The van der Waals surface area contributed by atoms with Crippen molar-refractivity contribution in [2.45, 2.75) is 19.8 Å². The van der Waals surface area contributed by atoms with Gasteiger partial charge in [-0.1, -0.05) is 29.8 Å². The molecule has 20 heavy (non-hydrogen) atoms. The summed E-state index contributed by atoms with van der Waals surface area (Å²) in [5.74, 6) is 1.76. The van der Waals surface area contributed by atoms with E-state index in [0.717, 1.165) is 50.8 Å². The topological polar surface area (TPSA) is 56.8 Å². The molecular weight excluding hydrogens is 250 g/mol. The molecule has 0 atom stereocenters. The molecule has 1 aliphatic rings. The van der Waals surface area contributed by atoms with E-state index < -0.39 is 0 Å². The second kappa shape index (κ2) is 6.05. The summed E-state index contributed by atoms with van der Waals surface area (Å²) in [5, 5.41) is 10.8. The Morgan fingerprint density at radius 1 is 1.25 bits per heavy atom. The fraction of sp³-hybridized carbons (Fsp3) is 0.467. The molecule has 0 radical (unpaired) electrons. The lowest BCUT2D eigenvalue weighted by Gasteiger charge is -2.16. The number of nitrogens with one attached hydrogen (secondary N) is 2. The van der Waals surface area contributed by atoms with Gasteiger partial charge < -0.3 is 10.2 Å². The van der Waals surface area contributed by atoms with Crippen molar-refractivity contribution in [3.8, 4) is 0 Å². The Morgan fingerprint density at radius 2 is 2.20 bits per heavy atom. The van der Waals surface area contributed by atoms with E-state index in [1.54, 1.807) is 0 Å². The monoisotopic (exact) mass is 271 g/mol. The zero-order chi connectivity index (χ0) is 13.8. The molecule has 5 nitrogen and oxygen atoms in total. The summed E-state index contributed by atoms with van der Waals surface area (Å²) in [7, 11) is 0. The molecule has 1 aromatic carbocycles. The second-order valence-electron chi connectivity index (χ2n) is 5.34. The van der Waals surface area contributed by atoms with E-state index in [9.17, 15) is 0 Å². The van der Waals surface area contributed by atoms with Crippen LogP contribution in [0.5, 0.6) is 0 Å². The lowest BCUT2D eigenvalue weighted by molar-refractivity contribution is 0.724. The van der Waals surface area contributed by atoms with Crippen LogP contribution in [0.15, 0.2) is 24.3 Å². The molecule has 0 amide bonds. The molecule has 2 aromatic rings. The van der Waals surface area contributed by atoms with Gasteiger partial charge in [0.05, 0.1) is 0 Å². The first-order valence-corrected chi connectivity index (χ1v) is 7.24. The number of aryl methyl sites for hydroxylation is 1. The van der Waals surface area contributed by atoms with Crippen molar-refractivity contribution < 1.29 is 0 Å². The van der Waals surface area contributed by atoms with E-state index >= 15 is 0 Å². The Morgan fingerprint density at radius 3 is 3.10 bits per heavy atom. The molecule has 3 rings (SSSR count). The molecule has 2 N–H and O–H groups in total. The van der Waals surface area contributed by atoms with Crippen LogP contribution in [0.1, 0.15) is 23.4 Å². The van der Waals surface area contributed by atoms with Crippen LogP contribution in [0, 0.1) is 6.92 Å². The van der Waals surface area contributed by atoms with Crippen LogP contribution < -0.4 is 10.2 Å². The Bertz CT molecular complexity index is 555. The number of aromatic amines is 1. The van der Waals surface area contributed by atoms with Gasteiger partial charge in [0.25, 0.3) is 0 Å². The fourth-order valence-corrected chi connectivity index (χ4v) is 2.57. The highest BCUT2D eigenvalue weighted by Crippen LogP contribution is 2.12. The van der Waals surface area contributed by atoms with Crippen LogP contribution in [0.4, 0.5) is 5.95 Å². The molecule has 0 spiro atoms. The normalized spacial score (nSPS) is 16.1.